The van der Waals surface area contributed by atoms with E-state index in [2.05, 4.69) is 20.6 Å². The molecule has 148 valence electrons. The van der Waals surface area contributed by atoms with Gasteiger partial charge >= 0.3 is 6.18 Å². The van der Waals surface area contributed by atoms with Crippen LogP contribution in [0.2, 0.25) is 5.02 Å². The van der Waals surface area contributed by atoms with Crippen LogP contribution in [0.15, 0.2) is 34.6 Å². The predicted molar refractivity (Wildman–Crippen MR) is 113 cm³/mol. The monoisotopic (exact) mass is 530 g/mol. The number of nitrogens with zero attached hydrogens (tertiary/aromatic N) is 2. The molecule has 0 bridgehead atoms. The van der Waals surface area contributed by atoms with Gasteiger partial charge in [-0.1, -0.05) is 23.7 Å². The summed E-state index contributed by atoms with van der Waals surface area (Å²) < 4.78 is 37.8. The Morgan fingerprint density at radius 1 is 1.41 bits per heavy atom. The number of alkyl halides is 3. The highest BCUT2D eigenvalue weighted by molar-refractivity contribution is 14.0. The topological polar surface area (TPSA) is 49.3 Å². The van der Waals surface area contributed by atoms with Gasteiger partial charge in [0, 0.05) is 28.9 Å². The van der Waals surface area contributed by atoms with Crippen LogP contribution in [-0.2, 0) is 12.7 Å². The van der Waals surface area contributed by atoms with Crippen LogP contribution in [-0.4, -0.2) is 23.5 Å². The number of benzene rings is 1. The van der Waals surface area contributed by atoms with E-state index in [0.717, 1.165) is 23.1 Å². The van der Waals surface area contributed by atoms with Crippen LogP contribution < -0.4 is 10.6 Å². The second kappa shape index (κ2) is 9.42. The molecule has 1 saturated carbocycles. The van der Waals surface area contributed by atoms with Gasteiger partial charge in [0.15, 0.2) is 11.7 Å². The van der Waals surface area contributed by atoms with Crippen molar-refractivity contribution in [2.45, 2.75) is 38.0 Å². The Labute approximate surface area is 181 Å². The van der Waals surface area contributed by atoms with E-state index in [-0.39, 0.29) is 36.6 Å². The van der Waals surface area contributed by atoms with Gasteiger partial charge in [0.2, 0.25) is 0 Å². The van der Waals surface area contributed by atoms with E-state index in [4.69, 9.17) is 11.6 Å². The maximum atomic E-state index is 12.6. The van der Waals surface area contributed by atoms with Gasteiger partial charge in [0.1, 0.15) is 5.01 Å². The minimum Gasteiger partial charge on any atom is -0.357 e. The first-order valence-electron chi connectivity index (χ1n) is 8.18. The van der Waals surface area contributed by atoms with Crippen LogP contribution in [0.5, 0.6) is 0 Å². The van der Waals surface area contributed by atoms with E-state index in [1.165, 1.54) is 5.56 Å². The van der Waals surface area contributed by atoms with Crippen LogP contribution in [0, 0.1) is 0 Å². The number of aliphatic imine (C=N–C) groups is 1. The van der Waals surface area contributed by atoms with E-state index >= 15 is 0 Å². The Balaban J connectivity index is 0.00000261. The zero-order valence-electron chi connectivity index (χ0n) is 14.4. The number of rotatable bonds is 5. The van der Waals surface area contributed by atoms with Crippen molar-refractivity contribution in [1.82, 2.24) is 15.6 Å². The van der Waals surface area contributed by atoms with Gasteiger partial charge in [-0.3, -0.25) is 0 Å². The summed E-state index contributed by atoms with van der Waals surface area (Å²) in [4.78, 5) is 7.95. The highest BCUT2D eigenvalue weighted by Gasteiger charge is 2.39. The number of hydrogen-bond donors (Lipinski definition) is 2. The molecule has 4 nitrogen and oxygen atoms in total. The smallest absolute Gasteiger partial charge is 0.357 e. The summed E-state index contributed by atoms with van der Waals surface area (Å²) in [5.74, 6) is 0.931. The highest BCUT2D eigenvalue weighted by atomic mass is 127. The van der Waals surface area contributed by atoms with Crippen molar-refractivity contribution in [3.8, 4) is 0 Å². The molecule has 0 amide bonds. The number of halogens is 5. The molecule has 1 aromatic heterocycles. The van der Waals surface area contributed by atoms with E-state index in [1.807, 2.05) is 31.2 Å². The summed E-state index contributed by atoms with van der Waals surface area (Å²) in [5, 5.41) is 8.48. The van der Waals surface area contributed by atoms with Gasteiger partial charge < -0.3 is 10.6 Å². The second-order valence-electron chi connectivity index (χ2n) is 5.97. The number of nitrogens with one attached hydrogen (secondary N) is 2. The van der Waals surface area contributed by atoms with Gasteiger partial charge in [-0.15, -0.1) is 35.3 Å². The average molecular weight is 531 g/mol. The SMILES string of the molecule is CCNC(=NCc1nc(C(F)(F)F)cs1)NC1CC1c1cccc(Cl)c1.I. The standard InChI is InChI=1S/C17H18ClF3N4S.HI/c1-2-22-16(23-8-15-25-14(9-26-15)17(19,20)21)24-13-7-12(13)10-4-3-5-11(18)6-10;/h3-6,9,12-13H,2,7-8H2,1H3,(H2,22,23,24);1H. The number of hydrogen-bond acceptors (Lipinski definition) is 3. The second-order valence-corrected chi connectivity index (χ2v) is 7.35. The van der Waals surface area contributed by atoms with E-state index in [9.17, 15) is 13.2 Å². The van der Waals surface area contributed by atoms with Crippen LogP contribution in [0.3, 0.4) is 0 Å². The summed E-state index contributed by atoms with van der Waals surface area (Å²) in [6, 6.07) is 7.98. The van der Waals surface area contributed by atoms with Crippen molar-refractivity contribution >= 4 is 52.9 Å². The molecule has 0 spiro atoms. The van der Waals surface area contributed by atoms with Gasteiger partial charge in [-0.05, 0) is 31.0 Å². The van der Waals surface area contributed by atoms with Crippen LogP contribution in [0.1, 0.15) is 35.5 Å². The lowest BCUT2D eigenvalue weighted by Gasteiger charge is -2.11. The van der Waals surface area contributed by atoms with Crippen LogP contribution >= 0.6 is 46.9 Å². The van der Waals surface area contributed by atoms with Crippen molar-refractivity contribution in [3.05, 3.63) is 50.9 Å². The van der Waals surface area contributed by atoms with Crippen molar-refractivity contribution in [2.24, 2.45) is 4.99 Å². The zero-order chi connectivity index (χ0) is 18.7. The summed E-state index contributed by atoms with van der Waals surface area (Å²) in [6.07, 6.45) is -3.46. The first-order chi connectivity index (χ1) is 12.4. The Kier molecular flexibility index (Phi) is 7.75. The molecular weight excluding hydrogens is 512 g/mol. The quantitative estimate of drug-likeness (QED) is 0.323. The Morgan fingerprint density at radius 2 is 2.19 bits per heavy atom. The fraction of sp³-hybridized carbons (Fsp3) is 0.412. The molecule has 0 saturated heterocycles. The highest BCUT2D eigenvalue weighted by Crippen LogP contribution is 2.41. The van der Waals surface area contributed by atoms with Crippen LogP contribution in [0.4, 0.5) is 13.2 Å². The fourth-order valence-corrected chi connectivity index (χ4v) is 3.54. The molecule has 2 N–H and O–H groups in total. The van der Waals surface area contributed by atoms with Crippen molar-refractivity contribution in [2.75, 3.05) is 6.54 Å². The molecule has 27 heavy (non-hydrogen) atoms. The molecule has 1 heterocycles. The molecule has 3 rings (SSSR count). The van der Waals surface area contributed by atoms with Crippen LogP contribution in [0.25, 0.3) is 0 Å². The summed E-state index contributed by atoms with van der Waals surface area (Å²) in [6.45, 7) is 2.69. The predicted octanol–water partition coefficient (Wildman–Crippen LogP) is 5.04. The molecule has 1 aliphatic carbocycles. The number of guanidine groups is 1. The normalized spacial score (nSPS) is 19.4. The Morgan fingerprint density at radius 3 is 2.81 bits per heavy atom. The first kappa shape index (κ1) is 22.2. The summed E-state index contributed by atoms with van der Waals surface area (Å²) in [7, 11) is 0. The minimum absolute atomic E-state index is 0. The molecule has 0 aliphatic heterocycles. The van der Waals surface area contributed by atoms with Crippen molar-refractivity contribution in [3.63, 3.8) is 0 Å². The average Bonchev–Trinajstić information content (AvgIpc) is 3.16. The van der Waals surface area contributed by atoms with E-state index < -0.39 is 11.9 Å². The van der Waals surface area contributed by atoms with E-state index in [1.54, 1.807) is 0 Å². The Bertz CT molecular complexity index is 796. The van der Waals surface area contributed by atoms with Gasteiger partial charge in [-0.25, -0.2) is 9.98 Å². The third-order valence-electron chi connectivity index (χ3n) is 3.95. The lowest BCUT2D eigenvalue weighted by molar-refractivity contribution is -0.140. The first-order valence-corrected chi connectivity index (χ1v) is 9.44. The molecule has 1 aliphatic rings. The summed E-state index contributed by atoms with van der Waals surface area (Å²) >= 11 is 6.99. The lowest BCUT2D eigenvalue weighted by Crippen LogP contribution is -2.39. The third kappa shape index (κ3) is 6.21. The van der Waals surface area contributed by atoms with Gasteiger partial charge in [0.05, 0.1) is 6.54 Å². The van der Waals surface area contributed by atoms with Gasteiger partial charge in [-0.2, -0.15) is 13.2 Å². The number of thiazole rings is 1. The maximum Gasteiger partial charge on any atom is 0.434 e. The molecule has 2 atom stereocenters. The Hall–Kier alpha value is -1.07. The molecule has 2 unspecified atom stereocenters. The van der Waals surface area contributed by atoms with Crippen molar-refractivity contribution in [1.29, 1.82) is 0 Å². The fourth-order valence-electron chi connectivity index (χ4n) is 2.62. The molecule has 1 fully saturated rings. The lowest BCUT2D eigenvalue weighted by atomic mass is 10.1. The molecular formula is C17H19ClF3IN4S. The maximum absolute atomic E-state index is 12.6. The zero-order valence-corrected chi connectivity index (χ0v) is 18.3. The van der Waals surface area contributed by atoms with Crippen molar-refractivity contribution < 1.29 is 13.2 Å². The molecule has 2 aromatic rings. The largest absolute Gasteiger partial charge is 0.434 e. The number of aromatic nitrogens is 1. The minimum atomic E-state index is -4.42. The molecule has 1 aromatic carbocycles. The van der Waals surface area contributed by atoms with E-state index in [0.29, 0.717) is 28.5 Å². The summed E-state index contributed by atoms with van der Waals surface area (Å²) in [5.41, 5.74) is 0.300. The molecule has 10 heteroatoms. The molecule has 0 radical (unpaired) electrons. The van der Waals surface area contributed by atoms with Gasteiger partial charge in [0.25, 0.3) is 0 Å². The third-order valence-corrected chi connectivity index (χ3v) is 5.02.